The van der Waals surface area contributed by atoms with E-state index in [1.54, 1.807) is 0 Å². The Kier molecular flexibility index (Phi) is 6.48. The molecule has 3 fully saturated rings. The summed E-state index contributed by atoms with van der Waals surface area (Å²) in [5.41, 5.74) is 19.6. The molecule has 6 N–H and O–H groups in total. The van der Waals surface area contributed by atoms with E-state index in [1.807, 2.05) is 0 Å². The van der Waals surface area contributed by atoms with Gasteiger partial charge in [-0.15, -0.1) is 0 Å². The van der Waals surface area contributed by atoms with Gasteiger partial charge in [0.05, 0.1) is 0 Å². The Morgan fingerprint density at radius 2 is 1.31 bits per heavy atom. The molecule has 3 aliphatic heterocycles. The van der Waals surface area contributed by atoms with Crippen molar-refractivity contribution >= 4 is 0 Å². The largest absolute Gasteiger partial charge is 0.327 e. The number of rotatable bonds is 6. The van der Waals surface area contributed by atoms with E-state index in [2.05, 4.69) is 63.2 Å². The minimum Gasteiger partial charge on any atom is -0.327 e. The van der Waals surface area contributed by atoms with Crippen molar-refractivity contribution in [2.75, 3.05) is 26.2 Å². The van der Waals surface area contributed by atoms with Gasteiger partial charge in [0.1, 0.15) is 0 Å². The van der Waals surface area contributed by atoms with Crippen molar-refractivity contribution in [2.24, 2.45) is 17.2 Å². The average Bonchev–Trinajstić information content (AvgIpc) is 2.55. The van der Waals surface area contributed by atoms with Gasteiger partial charge in [0.15, 0.2) is 0 Å². The van der Waals surface area contributed by atoms with E-state index in [0.29, 0.717) is 18.1 Å². The zero-order valence-electron chi connectivity index (χ0n) is 20.1. The standard InChI is InChI=1S/C23H48N6/c1-21(2,3)28-13-17(25)19(28)11-20-18(26)14-29(20)23(6,7)15-22(4,5)27-10-8-9-16(24)12-27/h16-20H,8-15,24-26H2,1-7H3/t16-,17?,18?,19?,20+/m1/s1. The van der Waals surface area contributed by atoms with E-state index in [1.165, 1.54) is 6.42 Å². The first-order valence-electron chi connectivity index (χ1n) is 11.8. The van der Waals surface area contributed by atoms with Gasteiger partial charge in [0.25, 0.3) is 0 Å². The molecular weight excluding hydrogens is 360 g/mol. The van der Waals surface area contributed by atoms with Crippen LogP contribution in [0.5, 0.6) is 0 Å². The van der Waals surface area contributed by atoms with Gasteiger partial charge in [-0.3, -0.25) is 14.7 Å². The third kappa shape index (κ3) is 4.83. The summed E-state index contributed by atoms with van der Waals surface area (Å²) in [7, 11) is 0. The lowest BCUT2D eigenvalue weighted by Crippen LogP contribution is -2.76. The molecule has 0 aromatic rings. The SMILES string of the molecule is CC(C)(C)N1CC(N)C1C[C@H]1C(N)CN1C(C)(C)CC(C)(C)N1CCC[C@@H](N)C1. The number of hydrogen-bond acceptors (Lipinski definition) is 6. The van der Waals surface area contributed by atoms with Crippen molar-refractivity contribution < 1.29 is 0 Å². The van der Waals surface area contributed by atoms with E-state index in [0.717, 1.165) is 45.4 Å². The zero-order chi connectivity index (χ0) is 21.8. The van der Waals surface area contributed by atoms with E-state index < -0.39 is 0 Å². The summed E-state index contributed by atoms with van der Waals surface area (Å²) in [5, 5.41) is 0. The molecule has 3 saturated heterocycles. The molecule has 3 heterocycles. The molecule has 29 heavy (non-hydrogen) atoms. The summed E-state index contributed by atoms with van der Waals surface area (Å²) < 4.78 is 0. The van der Waals surface area contributed by atoms with Gasteiger partial charge in [-0.25, -0.2) is 0 Å². The highest BCUT2D eigenvalue weighted by molar-refractivity contribution is 5.10. The summed E-state index contributed by atoms with van der Waals surface area (Å²) in [6, 6.07) is 1.72. The molecule has 6 heteroatoms. The lowest BCUT2D eigenvalue weighted by Gasteiger charge is -2.61. The van der Waals surface area contributed by atoms with Gasteiger partial charge in [-0.05, 0) is 80.7 Å². The fraction of sp³-hybridized carbons (Fsp3) is 1.00. The Hall–Kier alpha value is -0.240. The third-order valence-corrected chi connectivity index (χ3v) is 7.91. The Morgan fingerprint density at radius 1 is 0.759 bits per heavy atom. The van der Waals surface area contributed by atoms with Crippen LogP contribution in [0.4, 0.5) is 0 Å². The lowest BCUT2D eigenvalue weighted by molar-refractivity contribution is -0.0928. The van der Waals surface area contributed by atoms with Crippen LogP contribution in [0.25, 0.3) is 0 Å². The highest BCUT2D eigenvalue weighted by Gasteiger charge is 2.51. The summed E-state index contributed by atoms with van der Waals surface area (Å²) in [5.74, 6) is 0. The molecule has 3 unspecified atom stereocenters. The molecule has 0 radical (unpaired) electrons. The molecule has 5 atom stereocenters. The Labute approximate surface area is 179 Å². The molecule has 0 saturated carbocycles. The molecule has 0 aromatic heterocycles. The molecule has 0 amide bonds. The second-order valence-electron chi connectivity index (χ2n) is 12.3. The van der Waals surface area contributed by atoms with Crippen molar-refractivity contribution in [3.05, 3.63) is 0 Å². The van der Waals surface area contributed by atoms with Crippen LogP contribution in [0.2, 0.25) is 0 Å². The summed E-state index contributed by atoms with van der Waals surface area (Å²) >= 11 is 0. The first-order chi connectivity index (χ1) is 13.2. The molecule has 0 bridgehead atoms. The Morgan fingerprint density at radius 3 is 1.83 bits per heavy atom. The lowest BCUT2D eigenvalue weighted by atomic mass is 9.76. The number of nitrogens with zero attached hydrogens (tertiary/aromatic N) is 3. The first kappa shape index (κ1) is 23.4. The maximum atomic E-state index is 6.53. The fourth-order valence-electron chi connectivity index (χ4n) is 6.31. The van der Waals surface area contributed by atoms with Crippen LogP contribution in [0, 0.1) is 0 Å². The van der Waals surface area contributed by atoms with Crippen molar-refractivity contribution in [2.45, 2.75) is 121 Å². The van der Waals surface area contributed by atoms with Gasteiger partial charge < -0.3 is 17.2 Å². The quantitative estimate of drug-likeness (QED) is 0.618. The van der Waals surface area contributed by atoms with E-state index in [9.17, 15) is 0 Å². The average molecular weight is 409 g/mol. The van der Waals surface area contributed by atoms with Crippen LogP contribution in [0.3, 0.4) is 0 Å². The van der Waals surface area contributed by atoms with Crippen molar-refractivity contribution in [3.63, 3.8) is 0 Å². The smallest absolute Gasteiger partial charge is 0.0327 e. The zero-order valence-corrected chi connectivity index (χ0v) is 20.1. The van der Waals surface area contributed by atoms with Gasteiger partial charge in [0.2, 0.25) is 0 Å². The summed E-state index contributed by atoms with van der Waals surface area (Å²) in [4.78, 5) is 7.84. The number of likely N-dealkylation sites (tertiary alicyclic amines) is 3. The highest BCUT2D eigenvalue weighted by atomic mass is 15.3. The predicted molar refractivity (Wildman–Crippen MR) is 123 cm³/mol. The molecule has 0 aliphatic carbocycles. The van der Waals surface area contributed by atoms with E-state index in [-0.39, 0.29) is 28.7 Å². The first-order valence-corrected chi connectivity index (χ1v) is 11.8. The van der Waals surface area contributed by atoms with Crippen molar-refractivity contribution in [3.8, 4) is 0 Å². The Balaban J connectivity index is 1.65. The maximum absolute atomic E-state index is 6.53. The van der Waals surface area contributed by atoms with E-state index in [4.69, 9.17) is 17.2 Å². The highest BCUT2D eigenvalue weighted by Crippen LogP contribution is 2.40. The number of piperidine rings is 1. The van der Waals surface area contributed by atoms with Crippen LogP contribution in [-0.4, -0.2) is 87.7 Å². The molecule has 3 rings (SSSR count). The summed E-state index contributed by atoms with van der Waals surface area (Å²) in [6.07, 6.45) is 4.57. The molecule has 0 aromatic carbocycles. The van der Waals surface area contributed by atoms with E-state index >= 15 is 0 Å². The van der Waals surface area contributed by atoms with Gasteiger partial charge >= 0.3 is 0 Å². The van der Waals surface area contributed by atoms with Crippen LogP contribution in [-0.2, 0) is 0 Å². The van der Waals surface area contributed by atoms with Crippen LogP contribution in [0.1, 0.15) is 74.1 Å². The van der Waals surface area contributed by atoms with Gasteiger partial charge in [-0.2, -0.15) is 0 Å². The number of nitrogens with two attached hydrogens (primary N) is 3. The third-order valence-electron chi connectivity index (χ3n) is 7.91. The van der Waals surface area contributed by atoms with Crippen LogP contribution < -0.4 is 17.2 Å². The monoisotopic (exact) mass is 408 g/mol. The minimum atomic E-state index is 0.103. The van der Waals surface area contributed by atoms with Gasteiger partial charge in [-0.1, -0.05) is 0 Å². The second kappa shape index (κ2) is 8.03. The Bertz CT molecular complexity index is 568. The molecule has 170 valence electrons. The van der Waals surface area contributed by atoms with Gasteiger partial charge in [0, 0.05) is 66.5 Å². The van der Waals surface area contributed by atoms with Crippen molar-refractivity contribution in [1.82, 2.24) is 14.7 Å². The maximum Gasteiger partial charge on any atom is 0.0327 e. The topological polar surface area (TPSA) is 87.8 Å². The molecular formula is C23H48N6. The van der Waals surface area contributed by atoms with Crippen LogP contribution >= 0.6 is 0 Å². The van der Waals surface area contributed by atoms with Crippen molar-refractivity contribution in [1.29, 1.82) is 0 Å². The number of hydrogen-bond donors (Lipinski definition) is 3. The molecule has 0 spiro atoms. The minimum absolute atomic E-state index is 0.103. The normalized spacial score (nSPS) is 36.0. The molecule has 3 aliphatic rings. The fourth-order valence-corrected chi connectivity index (χ4v) is 6.31. The molecule has 6 nitrogen and oxygen atoms in total. The van der Waals surface area contributed by atoms with Crippen LogP contribution in [0.15, 0.2) is 0 Å². The second-order valence-corrected chi connectivity index (χ2v) is 12.3. The predicted octanol–water partition coefficient (Wildman–Crippen LogP) is 1.57. The summed E-state index contributed by atoms with van der Waals surface area (Å²) in [6.45, 7) is 20.6.